The van der Waals surface area contributed by atoms with E-state index in [1.165, 1.54) is 7.11 Å². The lowest BCUT2D eigenvalue weighted by atomic mass is 10.0. The van der Waals surface area contributed by atoms with Gasteiger partial charge in [0.05, 0.1) is 7.11 Å². The van der Waals surface area contributed by atoms with E-state index in [0.717, 1.165) is 11.3 Å². The molecule has 0 aliphatic heterocycles. The predicted octanol–water partition coefficient (Wildman–Crippen LogP) is 1.49. The molecule has 0 bridgehead atoms. The maximum Gasteiger partial charge on any atom is 0.323 e. The van der Waals surface area contributed by atoms with Gasteiger partial charge in [-0.15, -0.1) is 0 Å². The van der Waals surface area contributed by atoms with E-state index in [1.807, 2.05) is 38.5 Å². The maximum atomic E-state index is 11.6. The zero-order valence-electron chi connectivity index (χ0n) is 12.2. The van der Waals surface area contributed by atoms with Gasteiger partial charge in [0.25, 0.3) is 0 Å². The number of aromatic nitrogens is 1. The molecule has 104 valence electrons. The van der Waals surface area contributed by atoms with Crippen molar-refractivity contribution in [3.63, 3.8) is 0 Å². The zero-order valence-corrected chi connectivity index (χ0v) is 12.2. The van der Waals surface area contributed by atoms with Crippen molar-refractivity contribution in [1.82, 2.24) is 9.88 Å². The largest absolute Gasteiger partial charge is 0.468 e. The fourth-order valence-corrected chi connectivity index (χ4v) is 1.99. The van der Waals surface area contributed by atoms with Crippen LogP contribution in [0.2, 0.25) is 0 Å². The first-order valence-corrected chi connectivity index (χ1v) is 6.28. The summed E-state index contributed by atoms with van der Waals surface area (Å²) in [6.45, 7) is 6.43. The summed E-state index contributed by atoms with van der Waals surface area (Å²) in [6, 6.07) is 3.65. The first-order valence-electron chi connectivity index (χ1n) is 6.28. The van der Waals surface area contributed by atoms with Crippen LogP contribution in [0.1, 0.15) is 30.8 Å². The molecule has 1 atom stereocenters. The Balaban J connectivity index is 2.81. The van der Waals surface area contributed by atoms with Gasteiger partial charge >= 0.3 is 5.97 Å². The number of carbonyl (C=O) groups excluding carboxylic acids is 1. The van der Waals surface area contributed by atoms with Gasteiger partial charge in [0.1, 0.15) is 17.8 Å². The van der Waals surface area contributed by atoms with Crippen molar-refractivity contribution in [2.24, 2.45) is 13.0 Å². The molecule has 1 aromatic rings. The number of hydrogen-bond acceptors (Lipinski definition) is 4. The zero-order chi connectivity index (χ0) is 14.6. The quantitative estimate of drug-likeness (QED) is 0.817. The molecule has 0 saturated heterocycles. The first-order chi connectivity index (χ1) is 8.92. The number of ether oxygens (including phenoxy) is 1. The van der Waals surface area contributed by atoms with E-state index in [2.05, 4.69) is 11.4 Å². The number of carbonyl (C=O) groups is 1. The van der Waals surface area contributed by atoms with Gasteiger partial charge in [-0.2, -0.15) is 5.26 Å². The van der Waals surface area contributed by atoms with E-state index in [1.54, 1.807) is 0 Å². The number of nitriles is 1. The van der Waals surface area contributed by atoms with Crippen molar-refractivity contribution >= 4 is 5.97 Å². The minimum atomic E-state index is -0.338. The molecule has 0 fully saturated rings. The molecule has 0 amide bonds. The lowest BCUT2D eigenvalue weighted by Crippen LogP contribution is -2.41. The molecule has 1 aromatic heterocycles. The van der Waals surface area contributed by atoms with Crippen LogP contribution in [0.4, 0.5) is 0 Å². The van der Waals surface area contributed by atoms with E-state index < -0.39 is 0 Å². The number of nitrogens with one attached hydrogen (secondary N) is 1. The number of methoxy groups -OCH3 is 1. The van der Waals surface area contributed by atoms with Gasteiger partial charge in [-0.1, -0.05) is 13.8 Å². The molecule has 1 heterocycles. The van der Waals surface area contributed by atoms with Crippen molar-refractivity contribution < 1.29 is 9.53 Å². The van der Waals surface area contributed by atoms with Gasteiger partial charge in [-0.05, 0) is 24.5 Å². The van der Waals surface area contributed by atoms with Crippen molar-refractivity contribution in [3.05, 3.63) is 23.0 Å². The lowest BCUT2D eigenvalue weighted by molar-refractivity contribution is -0.144. The molecule has 0 spiro atoms. The van der Waals surface area contributed by atoms with E-state index in [4.69, 9.17) is 10.00 Å². The monoisotopic (exact) mass is 263 g/mol. The van der Waals surface area contributed by atoms with Crippen LogP contribution >= 0.6 is 0 Å². The normalized spacial score (nSPS) is 12.3. The Morgan fingerprint density at radius 2 is 2.21 bits per heavy atom. The van der Waals surface area contributed by atoms with Gasteiger partial charge in [0.15, 0.2) is 0 Å². The second-order valence-electron chi connectivity index (χ2n) is 4.94. The Morgan fingerprint density at radius 3 is 2.63 bits per heavy atom. The van der Waals surface area contributed by atoms with Crippen LogP contribution in [-0.2, 0) is 23.1 Å². The van der Waals surface area contributed by atoms with Gasteiger partial charge in [-0.3, -0.25) is 4.79 Å². The summed E-state index contributed by atoms with van der Waals surface area (Å²) < 4.78 is 6.63. The SMILES string of the molecule is COC(=O)C(NCc1cc(C#N)n(C)c1C)C(C)C. The summed E-state index contributed by atoms with van der Waals surface area (Å²) in [5.74, 6) is -0.115. The summed E-state index contributed by atoms with van der Waals surface area (Å²) in [7, 11) is 3.25. The molecule has 1 N–H and O–H groups in total. The van der Waals surface area contributed by atoms with Gasteiger partial charge in [-0.25, -0.2) is 0 Å². The summed E-state index contributed by atoms with van der Waals surface area (Å²) in [6.07, 6.45) is 0. The Bertz CT molecular complexity index is 498. The van der Waals surface area contributed by atoms with E-state index in [9.17, 15) is 4.79 Å². The molecule has 0 saturated carbocycles. The van der Waals surface area contributed by atoms with Crippen LogP contribution in [-0.4, -0.2) is 23.7 Å². The highest BCUT2D eigenvalue weighted by Gasteiger charge is 2.22. The van der Waals surface area contributed by atoms with Gasteiger partial charge in [0.2, 0.25) is 0 Å². The van der Waals surface area contributed by atoms with E-state index >= 15 is 0 Å². The van der Waals surface area contributed by atoms with Crippen LogP contribution in [0.15, 0.2) is 6.07 Å². The molecule has 1 rings (SSSR count). The predicted molar refractivity (Wildman–Crippen MR) is 72.3 cm³/mol. The van der Waals surface area contributed by atoms with Crippen LogP contribution in [0, 0.1) is 24.2 Å². The summed E-state index contributed by atoms with van der Waals surface area (Å²) >= 11 is 0. The van der Waals surface area contributed by atoms with Crippen molar-refractivity contribution in [2.75, 3.05) is 7.11 Å². The fourth-order valence-electron chi connectivity index (χ4n) is 1.99. The van der Waals surface area contributed by atoms with Crippen LogP contribution < -0.4 is 5.32 Å². The third kappa shape index (κ3) is 3.36. The molecular formula is C14H21N3O2. The number of esters is 1. The standard InChI is InChI=1S/C14H21N3O2/c1-9(2)13(14(18)19-5)16-8-11-6-12(7-15)17(4)10(11)3/h6,9,13,16H,8H2,1-5H3. The highest BCUT2D eigenvalue weighted by molar-refractivity contribution is 5.75. The summed E-state index contributed by atoms with van der Waals surface area (Å²) in [4.78, 5) is 11.6. The Kier molecular flexibility index (Phi) is 5.13. The minimum absolute atomic E-state index is 0.145. The minimum Gasteiger partial charge on any atom is -0.468 e. The highest BCUT2D eigenvalue weighted by Crippen LogP contribution is 2.14. The third-order valence-electron chi connectivity index (χ3n) is 3.39. The lowest BCUT2D eigenvalue weighted by Gasteiger charge is -2.19. The number of hydrogen-bond donors (Lipinski definition) is 1. The fraction of sp³-hybridized carbons (Fsp3) is 0.571. The Labute approximate surface area is 114 Å². The average Bonchev–Trinajstić information content (AvgIpc) is 2.65. The maximum absolute atomic E-state index is 11.6. The van der Waals surface area contributed by atoms with Crippen LogP contribution in [0.25, 0.3) is 0 Å². The molecule has 1 unspecified atom stereocenters. The van der Waals surface area contributed by atoms with Crippen molar-refractivity contribution in [2.45, 2.75) is 33.4 Å². The van der Waals surface area contributed by atoms with Crippen LogP contribution in [0.3, 0.4) is 0 Å². The van der Waals surface area contributed by atoms with Crippen LogP contribution in [0.5, 0.6) is 0 Å². The second-order valence-corrected chi connectivity index (χ2v) is 4.94. The molecule has 19 heavy (non-hydrogen) atoms. The molecule has 0 aliphatic rings. The van der Waals surface area contributed by atoms with Crippen molar-refractivity contribution in [1.29, 1.82) is 5.26 Å². The van der Waals surface area contributed by atoms with E-state index in [-0.39, 0.29) is 17.9 Å². The molecule has 5 nitrogen and oxygen atoms in total. The first kappa shape index (κ1) is 15.3. The molecule has 0 aliphatic carbocycles. The third-order valence-corrected chi connectivity index (χ3v) is 3.39. The Morgan fingerprint density at radius 1 is 1.58 bits per heavy atom. The smallest absolute Gasteiger partial charge is 0.323 e. The molecular weight excluding hydrogens is 242 g/mol. The summed E-state index contributed by atoms with van der Waals surface area (Å²) in [5, 5.41) is 12.2. The van der Waals surface area contributed by atoms with Crippen molar-refractivity contribution in [3.8, 4) is 6.07 Å². The van der Waals surface area contributed by atoms with E-state index in [0.29, 0.717) is 12.2 Å². The topological polar surface area (TPSA) is 67.0 Å². The number of nitrogens with zero attached hydrogens (tertiary/aromatic N) is 2. The van der Waals surface area contributed by atoms with Gasteiger partial charge < -0.3 is 14.6 Å². The highest BCUT2D eigenvalue weighted by atomic mass is 16.5. The molecule has 0 aromatic carbocycles. The summed E-state index contributed by atoms with van der Waals surface area (Å²) in [5.41, 5.74) is 2.67. The number of rotatable bonds is 5. The molecule has 5 heteroatoms. The second kappa shape index (κ2) is 6.39. The average molecular weight is 263 g/mol. The Hall–Kier alpha value is -1.80. The van der Waals surface area contributed by atoms with Gasteiger partial charge in [0, 0.05) is 19.3 Å². The molecule has 0 radical (unpaired) electrons.